The van der Waals surface area contributed by atoms with Crippen LogP contribution in [0.3, 0.4) is 0 Å². The van der Waals surface area contributed by atoms with Gasteiger partial charge in [0.05, 0.1) is 17.2 Å². The van der Waals surface area contributed by atoms with Crippen LogP contribution in [0.5, 0.6) is 0 Å². The Morgan fingerprint density at radius 2 is 1.66 bits per heavy atom. The molecule has 220 valence electrons. The molecule has 0 saturated heterocycles. The molecule has 9 nitrogen and oxygen atoms in total. The summed E-state index contributed by atoms with van der Waals surface area (Å²) < 4.78 is 60.7. The number of esters is 1. The number of amides is 2. The van der Waals surface area contributed by atoms with Crippen LogP contribution in [0, 0.1) is 11.6 Å². The Balaban J connectivity index is 1.67. The van der Waals surface area contributed by atoms with Gasteiger partial charge >= 0.3 is 12.0 Å². The second-order valence-corrected chi connectivity index (χ2v) is 11.8. The zero-order valence-electron chi connectivity index (χ0n) is 23.3. The van der Waals surface area contributed by atoms with Crippen LogP contribution in [0.4, 0.5) is 19.3 Å². The van der Waals surface area contributed by atoms with Gasteiger partial charge in [0.15, 0.2) is 0 Å². The fourth-order valence-corrected chi connectivity index (χ4v) is 5.52. The minimum Gasteiger partial charge on any atom is -0.465 e. The lowest BCUT2D eigenvalue weighted by atomic mass is 10.0. The molecule has 0 heterocycles. The van der Waals surface area contributed by atoms with E-state index >= 15 is 0 Å². The summed E-state index contributed by atoms with van der Waals surface area (Å²) in [4.78, 5) is 24.9. The summed E-state index contributed by atoms with van der Waals surface area (Å²) in [5.41, 5.74) is 1.16. The monoisotopic (exact) mass is 588 g/mol. The first-order valence-electron chi connectivity index (χ1n) is 12.9. The van der Waals surface area contributed by atoms with Gasteiger partial charge in [-0.15, -0.1) is 0 Å². The minimum absolute atomic E-state index is 0.130. The Hall–Kier alpha value is -3.87. The predicted molar refractivity (Wildman–Crippen MR) is 153 cm³/mol. The molecule has 0 aromatic heterocycles. The van der Waals surface area contributed by atoms with Crippen molar-refractivity contribution < 1.29 is 31.5 Å². The first-order valence-corrected chi connectivity index (χ1v) is 14.4. The molecule has 3 rings (SSSR count). The quantitative estimate of drug-likeness (QED) is 0.244. The van der Waals surface area contributed by atoms with Gasteiger partial charge in [-0.3, -0.25) is 10.1 Å². The molecule has 12 heteroatoms. The Kier molecular flexibility index (Phi) is 10.5. The second-order valence-electron chi connectivity index (χ2n) is 10.2. The van der Waals surface area contributed by atoms with Crippen LogP contribution in [0.25, 0.3) is 11.1 Å². The molecule has 0 spiro atoms. The summed E-state index contributed by atoms with van der Waals surface area (Å²) in [5, 5.41) is 7.78. The summed E-state index contributed by atoms with van der Waals surface area (Å²) in [6, 6.07) is 14.9. The van der Waals surface area contributed by atoms with Crippen LogP contribution < -0.4 is 20.7 Å². The predicted octanol–water partition coefficient (Wildman–Crippen LogP) is 4.55. The van der Waals surface area contributed by atoms with Gasteiger partial charge in [0, 0.05) is 30.3 Å². The van der Waals surface area contributed by atoms with E-state index < -0.39 is 45.2 Å². The van der Waals surface area contributed by atoms with Gasteiger partial charge in [-0.1, -0.05) is 42.5 Å². The van der Waals surface area contributed by atoms with Gasteiger partial charge in [0.1, 0.15) is 17.7 Å². The minimum atomic E-state index is -3.77. The highest BCUT2D eigenvalue weighted by Crippen LogP contribution is 2.28. The molecule has 4 N–H and O–H groups in total. The smallest absolute Gasteiger partial charge is 0.324 e. The Morgan fingerprint density at radius 1 is 0.976 bits per heavy atom. The van der Waals surface area contributed by atoms with Gasteiger partial charge < -0.3 is 15.4 Å². The number of sulfonamides is 1. The molecule has 0 aliphatic heterocycles. The second kappa shape index (κ2) is 13.7. The zero-order valence-corrected chi connectivity index (χ0v) is 24.1. The third-order valence-corrected chi connectivity index (χ3v) is 7.47. The maximum atomic E-state index is 13.8. The average molecular weight is 589 g/mol. The molecular weight excluding hydrogens is 554 g/mol. The summed E-state index contributed by atoms with van der Waals surface area (Å²) >= 11 is 0. The lowest BCUT2D eigenvalue weighted by molar-refractivity contribution is -0.145. The number of carbonyl (C=O) groups is 2. The van der Waals surface area contributed by atoms with Crippen molar-refractivity contribution in [3.63, 3.8) is 0 Å². The largest absolute Gasteiger partial charge is 0.465 e. The summed E-state index contributed by atoms with van der Waals surface area (Å²) in [7, 11) is -3.77. The highest BCUT2D eigenvalue weighted by molar-refractivity contribution is 7.89. The van der Waals surface area contributed by atoms with Crippen LogP contribution in [0.2, 0.25) is 0 Å². The number of halogens is 2. The number of benzene rings is 3. The van der Waals surface area contributed by atoms with E-state index in [1.165, 1.54) is 0 Å². The molecule has 0 aliphatic rings. The lowest BCUT2D eigenvalue weighted by Crippen LogP contribution is -2.47. The third-order valence-electron chi connectivity index (χ3n) is 5.65. The van der Waals surface area contributed by atoms with Crippen molar-refractivity contribution in [1.29, 1.82) is 0 Å². The number of nitrogens with one attached hydrogen (secondary N) is 4. The Bertz CT molecular complexity index is 1480. The van der Waals surface area contributed by atoms with Crippen LogP contribution in [0.1, 0.15) is 33.3 Å². The number of urea groups is 1. The summed E-state index contributed by atoms with van der Waals surface area (Å²) in [6.45, 7) is 7.15. The number of carbonyl (C=O) groups excluding carboxylic acids is 2. The molecule has 3 aromatic carbocycles. The van der Waals surface area contributed by atoms with Crippen LogP contribution in [0.15, 0.2) is 71.6 Å². The molecule has 0 aliphatic carbocycles. The van der Waals surface area contributed by atoms with Gasteiger partial charge in [0.2, 0.25) is 10.0 Å². The molecule has 2 amide bonds. The van der Waals surface area contributed by atoms with E-state index in [0.717, 1.165) is 17.7 Å². The number of anilines is 1. The van der Waals surface area contributed by atoms with Crippen molar-refractivity contribution in [2.45, 2.75) is 50.7 Å². The summed E-state index contributed by atoms with van der Waals surface area (Å²) in [5.74, 6) is -2.31. The van der Waals surface area contributed by atoms with E-state index in [0.29, 0.717) is 17.2 Å². The van der Waals surface area contributed by atoms with Crippen molar-refractivity contribution >= 4 is 27.7 Å². The zero-order chi connectivity index (χ0) is 30.2. The highest BCUT2D eigenvalue weighted by Gasteiger charge is 2.25. The van der Waals surface area contributed by atoms with Gasteiger partial charge in [-0.05, 0) is 57.0 Å². The SMILES string of the molecule is CCOC(=O)C(CNC(=O)Nc1ccc(F)cc1F)NCc1ccc(-c2ccccc2S(=O)(=O)NC(C)(C)C)cc1. The normalized spacial score (nSPS) is 12.4. The standard InChI is InChI=1S/C29H34F2N4O5S/c1-5-40-27(36)25(18-33-28(37)34-24-15-14-21(30)16-23(24)31)32-17-19-10-12-20(13-11-19)22-8-6-7-9-26(22)41(38,39)35-29(2,3)4/h6-16,25,32,35H,5,17-18H2,1-4H3,(H2,33,34,37). The topological polar surface area (TPSA) is 126 Å². The van der Waals surface area contributed by atoms with Gasteiger partial charge in [-0.25, -0.2) is 26.7 Å². The van der Waals surface area contributed by atoms with E-state index in [-0.39, 0.29) is 30.3 Å². The van der Waals surface area contributed by atoms with Gasteiger partial charge in [-0.2, -0.15) is 0 Å². The molecule has 3 aromatic rings. The van der Waals surface area contributed by atoms with Crippen LogP contribution in [-0.4, -0.2) is 45.2 Å². The molecule has 0 bridgehead atoms. The summed E-state index contributed by atoms with van der Waals surface area (Å²) in [6.07, 6.45) is 0. The molecule has 1 unspecified atom stereocenters. The molecular formula is C29H34F2N4O5S. The molecule has 0 saturated carbocycles. The Morgan fingerprint density at radius 3 is 2.29 bits per heavy atom. The van der Waals surface area contributed by atoms with Crippen molar-refractivity contribution in [2.24, 2.45) is 0 Å². The third kappa shape index (κ3) is 9.34. The Labute approximate surface area is 238 Å². The highest BCUT2D eigenvalue weighted by atomic mass is 32.2. The number of rotatable bonds is 11. The van der Waals surface area contributed by atoms with E-state index in [1.807, 2.05) is 0 Å². The lowest BCUT2D eigenvalue weighted by Gasteiger charge is -2.21. The average Bonchev–Trinajstić information content (AvgIpc) is 2.89. The van der Waals surface area contributed by atoms with Crippen LogP contribution >= 0.6 is 0 Å². The molecule has 0 radical (unpaired) electrons. The van der Waals surface area contributed by atoms with Crippen molar-refractivity contribution in [3.8, 4) is 11.1 Å². The van der Waals surface area contributed by atoms with E-state index in [1.54, 1.807) is 76.2 Å². The first-order chi connectivity index (χ1) is 19.3. The fourth-order valence-electron chi connectivity index (χ4n) is 3.87. The van der Waals surface area contributed by atoms with Crippen molar-refractivity contribution in [3.05, 3.63) is 83.9 Å². The number of ether oxygens (including phenoxy) is 1. The first kappa shape index (κ1) is 31.7. The van der Waals surface area contributed by atoms with Gasteiger partial charge in [0.25, 0.3) is 0 Å². The molecule has 1 atom stereocenters. The van der Waals surface area contributed by atoms with E-state index in [4.69, 9.17) is 4.74 Å². The van der Waals surface area contributed by atoms with Crippen molar-refractivity contribution in [2.75, 3.05) is 18.5 Å². The van der Waals surface area contributed by atoms with Crippen LogP contribution in [-0.2, 0) is 26.1 Å². The molecule has 41 heavy (non-hydrogen) atoms. The number of hydrogen-bond acceptors (Lipinski definition) is 6. The van der Waals surface area contributed by atoms with E-state index in [2.05, 4.69) is 20.7 Å². The van der Waals surface area contributed by atoms with Crippen molar-refractivity contribution in [1.82, 2.24) is 15.4 Å². The number of hydrogen-bond donors (Lipinski definition) is 4. The van der Waals surface area contributed by atoms with E-state index in [9.17, 15) is 26.8 Å². The fraction of sp³-hybridized carbons (Fsp3) is 0.310. The maximum absolute atomic E-state index is 13.8. The molecule has 0 fully saturated rings. The maximum Gasteiger partial charge on any atom is 0.324 e.